The molecule has 102 valence electrons. The molecule has 0 amide bonds. The summed E-state index contributed by atoms with van der Waals surface area (Å²) >= 11 is 0. The van der Waals surface area contributed by atoms with Gasteiger partial charge in [0.25, 0.3) is 0 Å². The number of ether oxygens (including phenoxy) is 1. The molecule has 1 aromatic heterocycles. The van der Waals surface area contributed by atoms with E-state index in [-0.39, 0.29) is 0 Å². The molecule has 0 aliphatic heterocycles. The molecule has 1 unspecified atom stereocenters. The Hall–Kier alpha value is -1.81. The highest BCUT2D eigenvalue weighted by Crippen LogP contribution is 2.12. The summed E-state index contributed by atoms with van der Waals surface area (Å²) in [6, 6.07) is 8.71. The summed E-state index contributed by atoms with van der Waals surface area (Å²) in [5, 5.41) is 3.52. The lowest BCUT2D eigenvalue weighted by Gasteiger charge is -2.14. The van der Waals surface area contributed by atoms with Gasteiger partial charge < -0.3 is 14.6 Å². The van der Waals surface area contributed by atoms with Crippen molar-refractivity contribution in [3.63, 3.8) is 0 Å². The van der Waals surface area contributed by atoms with Gasteiger partial charge in [0.05, 0.1) is 13.4 Å². The first-order valence-corrected chi connectivity index (χ1v) is 6.60. The molecule has 0 fully saturated rings. The van der Waals surface area contributed by atoms with Crippen LogP contribution in [0.4, 0.5) is 0 Å². The van der Waals surface area contributed by atoms with Gasteiger partial charge in [-0.1, -0.05) is 12.1 Å². The second-order valence-corrected chi connectivity index (χ2v) is 4.71. The van der Waals surface area contributed by atoms with Crippen LogP contribution in [0.1, 0.15) is 12.5 Å². The van der Waals surface area contributed by atoms with Gasteiger partial charge in [0.15, 0.2) is 0 Å². The fourth-order valence-corrected chi connectivity index (χ4v) is 2.05. The van der Waals surface area contributed by atoms with Crippen LogP contribution in [0.5, 0.6) is 5.75 Å². The largest absolute Gasteiger partial charge is 0.497 e. The van der Waals surface area contributed by atoms with E-state index in [2.05, 4.69) is 33.9 Å². The average Bonchev–Trinajstić information content (AvgIpc) is 2.93. The van der Waals surface area contributed by atoms with Crippen LogP contribution in [0.25, 0.3) is 0 Å². The van der Waals surface area contributed by atoms with Gasteiger partial charge in [-0.25, -0.2) is 4.98 Å². The molecule has 19 heavy (non-hydrogen) atoms. The second-order valence-electron chi connectivity index (χ2n) is 4.71. The lowest BCUT2D eigenvalue weighted by atomic mass is 10.1. The van der Waals surface area contributed by atoms with E-state index in [9.17, 15) is 0 Å². The third kappa shape index (κ3) is 4.41. The Morgan fingerprint density at radius 1 is 1.32 bits per heavy atom. The zero-order valence-corrected chi connectivity index (χ0v) is 11.5. The Labute approximate surface area is 114 Å². The normalized spacial score (nSPS) is 12.3. The topological polar surface area (TPSA) is 39.1 Å². The number of rotatable bonds is 7. The summed E-state index contributed by atoms with van der Waals surface area (Å²) in [5.41, 5.74) is 1.32. The number of imidazole rings is 1. The fourth-order valence-electron chi connectivity index (χ4n) is 2.05. The van der Waals surface area contributed by atoms with E-state index in [4.69, 9.17) is 4.74 Å². The highest BCUT2D eigenvalue weighted by molar-refractivity contribution is 5.27. The molecule has 0 aliphatic carbocycles. The molecule has 0 saturated carbocycles. The molecular formula is C15H21N3O. The van der Waals surface area contributed by atoms with Crippen LogP contribution in [0, 0.1) is 0 Å². The summed E-state index contributed by atoms with van der Waals surface area (Å²) in [5.74, 6) is 0.907. The zero-order valence-electron chi connectivity index (χ0n) is 11.5. The molecule has 1 aromatic carbocycles. The number of methoxy groups -OCH3 is 1. The van der Waals surface area contributed by atoms with Gasteiger partial charge in [-0.05, 0) is 31.0 Å². The fraction of sp³-hybridized carbons (Fsp3) is 0.400. The van der Waals surface area contributed by atoms with Crippen molar-refractivity contribution in [2.24, 2.45) is 0 Å². The van der Waals surface area contributed by atoms with Crippen molar-refractivity contribution in [3.8, 4) is 5.75 Å². The van der Waals surface area contributed by atoms with Crippen LogP contribution in [-0.2, 0) is 13.0 Å². The summed E-state index contributed by atoms with van der Waals surface area (Å²) < 4.78 is 7.23. The minimum absolute atomic E-state index is 0.455. The summed E-state index contributed by atoms with van der Waals surface area (Å²) in [4.78, 5) is 4.03. The lowest BCUT2D eigenvalue weighted by Crippen LogP contribution is -2.30. The number of benzene rings is 1. The standard InChI is InChI=1S/C15H21N3O/c1-13(17-8-10-18-9-7-16-12-18)11-14-3-5-15(19-2)6-4-14/h3-7,9,12-13,17H,8,10-11H2,1-2H3. The smallest absolute Gasteiger partial charge is 0.118 e. The van der Waals surface area contributed by atoms with E-state index in [1.165, 1.54) is 5.56 Å². The van der Waals surface area contributed by atoms with Crippen LogP contribution in [0.2, 0.25) is 0 Å². The average molecular weight is 259 g/mol. The van der Waals surface area contributed by atoms with Crippen molar-refractivity contribution in [1.82, 2.24) is 14.9 Å². The van der Waals surface area contributed by atoms with E-state index in [1.807, 2.05) is 24.7 Å². The van der Waals surface area contributed by atoms with E-state index in [0.717, 1.165) is 25.3 Å². The monoisotopic (exact) mass is 259 g/mol. The Morgan fingerprint density at radius 2 is 2.11 bits per heavy atom. The number of nitrogens with one attached hydrogen (secondary N) is 1. The molecule has 1 atom stereocenters. The van der Waals surface area contributed by atoms with Gasteiger partial charge in [0.1, 0.15) is 5.75 Å². The molecule has 1 N–H and O–H groups in total. The summed E-state index contributed by atoms with van der Waals surface area (Å²) in [6.45, 7) is 4.11. The predicted octanol–water partition coefficient (Wildman–Crippen LogP) is 2.11. The Morgan fingerprint density at radius 3 is 2.74 bits per heavy atom. The van der Waals surface area contributed by atoms with E-state index < -0.39 is 0 Å². The highest BCUT2D eigenvalue weighted by atomic mass is 16.5. The first-order valence-electron chi connectivity index (χ1n) is 6.60. The van der Waals surface area contributed by atoms with E-state index in [0.29, 0.717) is 6.04 Å². The van der Waals surface area contributed by atoms with Gasteiger partial charge in [-0.3, -0.25) is 0 Å². The molecule has 0 spiro atoms. The Kier molecular flexibility index (Phi) is 4.98. The maximum Gasteiger partial charge on any atom is 0.118 e. The number of hydrogen-bond donors (Lipinski definition) is 1. The minimum atomic E-state index is 0.455. The van der Waals surface area contributed by atoms with Gasteiger partial charge in [0.2, 0.25) is 0 Å². The van der Waals surface area contributed by atoms with Crippen LogP contribution >= 0.6 is 0 Å². The molecule has 2 rings (SSSR count). The maximum atomic E-state index is 5.16. The number of nitrogens with zero attached hydrogens (tertiary/aromatic N) is 2. The maximum absolute atomic E-state index is 5.16. The molecule has 0 aliphatic rings. The van der Waals surface area contributed by atoms with E-state index in [1.54, 1.807) is 13.3 Å². The number of aromatic nitrogens is 2. The molecule has 4 nitrogen and oxygen atoms in total. The van der Waals surface area contributed by atoms with Crippen LogP contribution in [0.3, 0.4) is 0 Å². The first-order chi connectivity index (χ1) is 9.28. The van der Waals surface area contributed by atoms with Crippen molar-refractivity contribution in [3.05, 3.63) is 48.5 Å². The molecule has 0 saturated heterocycles. The van der Waals surface area contributed by atoms with Crippen molar-refractivity contribution >= 4 is 0 Å². The van der Waals surface area contributed by atoms with Gasteiger partial charge >= 0.3 is 0 Å². The van der Waals surface area contributed by atoms with Crippen molar-refractivity contribution < 1.29 is 4.74 Å². The summed E-state index contributed by atoms with van der Waals surface area (Å²) in [6.07, 6.45) is 6.65. The molecule has 0 bridgehead atoms. The lowest BCUT2D eigenvalue weighted by molar-refractivity contribution is 0.414. The molecule has 4 heteroatoms. The third-order valence-electron chi connectivity index (χ3n) is 3.12. The number of hydrogen-bond acceptors (Lipinski definition) is 3. The molecular weight excluding hydrogens is 238 g/mol. The zero-order chi connectivity index (χ0) is 13.5. The van der Waals surface area contributed by atoms with Crippen molar-refractivity contribution in [1.29, 1.82) is 0 Å². The van der Waals surface area contributed by atoms with Crippen LogP contribution in [-0.4, -0.2) is 29.2 Å². The Bertz CT molecular complexity index is 465. The first kappa shape index (κ1) is 13.6. The molecule has 1 heterocycles. The van der Waals surface area contributed by atoms with Crippen molar-refractivity contribution in [2.45, 2.75) is 25.9 Å². The predicted molar refractivity (Wildman–Crippen MR) is 76.4 cm³/mol. The van der Waals surface area contributed by atoms with Gasteiger partial charge in [0, 0.05) is 31.5 Å². The van der Waals surface area contributed by atoms with Crippen molar-refractivity contribution in [2.75, 3.05) is 13.7 Å². The van der Waals surface area contributed by atoms with Gasteiger partial charge in [-0.2, -0.15) is 0 Å². The SMILES string of the molecule is COc1ccc(CC(C)NCCn2ccnc2)cc1. The highest BCUT2D eigenvalue weighted by Gasteiger charge is 2.03. The Balaban J connectivity index is 1.72. The third-order valence-corrected chi connectivity index (χ3v) is 3.12. The van der Waals surface area contributed by atoms with Gasteiger partial charge in [-0.15, -0.1) is 0 Å². The second kappa shape index (κ2) is 6.95. The van der Waals surface area contributed by atoms with Crippen LogP contribution < -0.4 is 10.1 Å². The molecule has 0 radical (unpaired) electrons. The van der Waals surface area contributed by atoms with Crippen LogP contribution in [0.15, 0.2) is 43.0 Å². The van der Waals surface area contributed by atoms with E-state index >= 15 is 0 Å². The minimum Gasteiger partial charge on any atom is -0.497 e. The molecule has 2 aromatic rings. The quantitative estimate of drug-likeness (QED) is 0.827. The summed E-state index contributed by atoms with van der Waals surface area (Å²) in [7, 11) is 1.69.